The van der Waals surface area contributed by atoms with Gasteiger partial charge in [0.25, 0.3) is 0 Å². The zero-order valence-corrected chi connectivity index (χ0v) is 13.7. The Hall–Kier alpha value is -1.79. The second kappa shape index (κ2) is 6.02. The van der Waals surface area contributed by atoms with Crippen LogP contribution in [0.2, 0.25) is 0 Å². The second-order valence-electron chi connectivity index (χ2n) is 4.79. The van der Waals surface area contributed by atoms with E-state index in [-0.39, 0.29) is 27.3 Å². The first-order valence-electron chi connectivity index (χ1n) is 6.37. The number of nitriles is 1. The van der Waals surface area contributed by atoms with Gasteiger partial charge in [0.1, 0.15) is 23.1 Å². The van der Waals surface area contributed by atoms with E-state index in [0.29, 0.717) is 10.5 Å². The van der Waals surface area contributed by atoms with Crippen molar-refractivity contribution in [1.82, 2.24) is 0 Å². The zero-order valence-electron chi connectivity index (χ0n) is 11.3. The third-order valence-corrected chi connectivity index (χ3v) is 5.11. The Kier molecular flexibility index (Phi) is 4.21. The van der Waals surface area contributed by atoms with Crippen LogP contribution in [0.15, 0.2) is 33.6 Å². The van der Waals surface area contributed by atoms with Gasteiger partial charge >= 0.3 is 0 Å². The zero-order chi connectivity index (χ0) is 16.7. The Bertz CT molecular complexity index is 839. The van der Waals surface area contributed by atoms with E-state index in [9.17, 15) is 19.7 Å². The number of hydrogen-bond donors (Lipinski definition) is 3. The van der Waals surface area contributed by atoms with Gasteiger partial charge in [0, 0.05) is 16.5 Å². The fourth-order valence-electron chi connectivity index (χ4n) is 2.22. The van der Waals surface area contributed by atoms with E-state index in [0.717, 1.165) is 23.9 Å². The number of benzene rings is 2. The Morgan fingerprint density at radius 2 is 2.00 bits per heavy atom. The monoisotopic (exact) mass is 397 g/mol. The van der Waals surface area contributed by atoms with Crippen molar-refractivity contribution in [1.29, 1.82) is 5.26 Å². The molecule has 3 rings (SSSR count). The molecule has 1 heterocycles. The minimum absolute atomic E-state index is 0.0261. The molecule has 1 aliphatic rings. The largest absolute Gasteiger partial charge is 0.504 e. The molecule has 0 aliphatic carbocycles. The first kappa shape index (κ1) is 16.1. The Morgan fingerprint density at radius 3 is 2.70 bits per heavy atom. The molecule has 5 nitrogen and oxygen atoms in total. The first-order valence-corrected chi connectivity index (χ1v) is 8.04. The summed E-state index contributed by atoms with van der Waals surface area (Å²) in [5.41, 5.74) is -0.592. The normalized spacial score (nSPS) is 19.3. The molecule has 8 heteroatoms. The van der Waals surface area contributed by atoms with Crippen LogP contribution in [0.25, 0.3) is 0 Å². The fraction of sp³-hybridized carbons (Fsp3) is 0.133. The van der Waals surface area contributed by atoms with Crippen LogP contribution in [-0.2, 0) is 0 Å². The molecule has 118 valence electrons. The number of hydrogen-bond acceptors (Lipinski definition) is 6. The average Bonchev–Trinajstić information content (AvgIpc) is 2.77. The number of phenolic OH excluding ortho intramolecular Hbond substituents is 1. The maximum Gasteiger partial charge on any atom is 0.183 e. The van der Waals surface area contributed by atoms with E-state index >= 15 is 0 Å². The van der Waals surface area contributed by atoms with Gasteiger partial charge in [-0.3, -0.25) is 0 Å². The van der Waals surface area contributed by atoms with Crippen molar-refractivity contribution in [2.45, 2.75) is 16.4 Å². The summed E-state index contributed by atoms with van der Waals surface area (Å²) in [5.74, 6) is -0.904. The SMILES string of the molecule is N#Cc1cc(F)cc(Oc2c(O)cc3c(c2Br)C(O)[C@H](O)S3)c1. The molecule has 0 radical (unpaired) electrons. The van der Waals surface area contributed by atoms with Gasteiger partial charge in [-0.1, -0.05) is 11.8 Å². The number of rotatable bonds is 2. The molecule has 0 saturated heterocycles. The average molecular weight is 398 g/mol. The van der Waals surface area contributed by atoms with Crippen LogP contribution in [0.3, 0.4) is 0 Å². The van der Waals surface area contributed by atoms with Crippen molar-refractivity contribution in [3.05, 3.63) is 45.7 Å². The van der Waals surface area contributed by atoms with Crippen LogP contribution in [0, 0.1) is 17.1 Å². The van der Waals surface area contributed by atoms with E-state index in [1.165, 1.54) is 12.1 Å². The first-order chi connectivity index (χ1) is 10.9. The minimum Gasteiger partial charge on any atom is -0.504 e. The van der Waals surface area contributed by atoms with Crippen LogP contribution in [0.5, 0.6) is 17.2 Å². The molecule has 0 spiro atoms. The van der Waals surface area contributed by atoms with Crippen molar-refractivity contribution < 1.29 is 24.4 Å². The number of thioether (sulfide) groups is 1. The number of fused-ring (bicyclic) bond motifs is 1. The number of halogens is 2. The second-order valence-corrected chi connectivity index (χ2v) is 6.74. The summed E-state index contributed by atoms with van der Waals surface area (Å²) in [4.78, 5) is 0.513. The third-order valence-electron chi connectivity index (χ3n) is 3.24. The quantitative estimate of drug-likeness (QED) is 0.718. The standard InChI is InChI=1S/C15H9BrFNO4S/c16-12-11-10(23-15(21)13(11)20)4-9(19)14(12)22-8-2-6(5-18)1-7(17)3-8/h1-4,13,15,19-21H/t13?,15-/m1/s1. The summed E-state index contributed by atoms with van der Waals surface area (Å²) in [6.45, 7) is 0. The maximum atomic E-state index is 13.5. The van der Waals surface area contributed by atoms with Gasteiger partial charge in [-0.2, -0.15) is 5.26 Å². The van der Waals surface area contributed by atoms with Crippen molar-refractivity contribution in [3.63, 3.8) is 0 Å². The number of nitrogens with zero attached hydrogens (tertiary/aromatic N) is 1. The van der Waals surface area contributed by atoms with E-state index < -0.39 is 17.4 Å². The molecule has 0 fully saturated rings. The lowest BCUT2D eigenvalue weighted by Crippen LogP contribution is -2.08. The van der Waals surface area contributed by atoms with E-state index in [1.54, 1.807) is 0 Å². The van der Waals surface area contributed by atoms with Crippen molar-refractivity contribution in [2.75, 3.05) is 0 Å². The summed E-state index contributed by atoms with van der Waals surface area (Å²) >= 11 is 4.24. The summed E-state index contributed by atoms with van der Waals surface area (Å²) in [5, 5.41) is 38.7. The maximum absolute atomic E-state index is 13.5. The number of aliphatic hydroxyl groups is 2. The predicted molar refractivity (Wildman–Crippen MR) is 83.8 cm³/mol. The van der Waals surface area contributed by atoms with Gasteiger partial charge in [-0.15, -0.1) is 0 Å². The van der Waals surface area contributed by atoms with Gasteiger partial charge < -0.3 is 20.1 Å². The van der Waals surface area contributed by atoms with E-state index in [2.05, 4.69) is 15.9 Å². The van der Waals surface area contributed by atoms with Crippen LogP contribution in [0.4, 0.5) is 4.39 Å². The highest BCUT2D eigenvalue weighted by atomic mass is 79.9. The summed E-state index contributed by atoms with van der Waals surface area (Å²) in [6.07, 6.45) is -1.14. The van der Waals surface area contributed by atoms with E-state index in [1.807, 2.05) is 6.07 Å². The van der Waals surface area contributed by atoms with Crippen molar-refractivity contribution in [3.8, 4) is 23.3 Å². The molecule has 23 heavy (non-hydrogen) atoms. The van der Waals surface area contributed by atoms with Gasteiger partial charge in [0.15, 0.2) is 11.5 Å². The van der Waals surface area contributed by atoms with Gasteiger partial charge in [0.2, 0.25) is 0 Å². The minimum atomic E-state index is -1.14. The van der Waals surface area contributed by atoms with Crippen LogP contribution in [-0.4, -0.2) is 20.8 Å². The van der Waals surface area contributed by atoms with Gasteiger partial charge in [-0.25, -0.2) is 4.39 Å². The molecule has 0 saturated carbocycles. The lowest BCUT2D eigenvalue weighted by Gasteiger charge is -2.14. The summed E-state index contributed by atoms with van der Waals surface area (Å²) in [7, 11) is 0. The molecular weight excluding hydrogens is 389 g/mol. The van der Waals surface area contributed by atoms with E-state index in [4.69, 9.17) is 10.00 Å². The van der Waals surface area contributed by atoms with Gasteiger partial charge in [0.05, 0.1) is 16.1 Å². The van der Waals surface area contributed by atoms with Crippen molar-refractivity contribution >= 4 is 27.7 Å². The summed E-state index contributed by atoms with van der Waals surface area (Å²) in [6, 6.07) is 6.61. The Labute approximate surface area is 143 Å². The molecule has 3 N–H and O–H groups in total. The molecule has 0 bridgehead atoms. The molecular formula is C15H9BrFNO4S. The third kappa shape index (κ3) is 2.88. The molecule has 2 atom stereocenters. The smallest absolute Gasteiger partial charge is 0.183 e. The topological polar surface area (TPSA) is 93.7 Å². The highest BCUT2D eigenvalue weighted by Gasteiger charge is 2.35. The fourth-order valence-corrected chi connectivity index (χ4v) is 4.14. The number of aliphatic hydroxyl groups excluding tert-OH is 2. The molecule has 0 aromatic heterocycles. The molecule has 0 amide bonds. The van der Waals surface area contributed by atoms with Gasteiger partial charge in [-0.05, 0) is 34.1 Å². The molecule has 2 aromatic carbocycles. The molecule has 2 aromatic rings. The number of phenols is 1. The van der Waals surface area contributed by atoms with Crippen molar-refractivity contribution in [2.24, 2.45) is 0 Å². The molecule has 1 aliphatic heterocycles. The van der Waals surface area contributed by atoms with Crippen LogP contribution < -0.4 is 4.74 Å². The predicted octanol–water partition coefficient (Wildman–Crippen LogP) is 3.42. The van der Waals surface area contributed by atoms with Crippen LogP contribution >= 0.6 is 27.7 Å². The Morgan fingerprint density at radius 1 is 1.26 bits per heavy atom. The van der Waals surface area contributed by atoms with Crippen LogP contribution in [0.1, 0.15) is 17.2 Å². The number of aromatic hydroxyl groups is 1. The lowest BCUT2D eigenvalue weighted by molar-refractivity contribution is 0.0765. The summed E-state index contributed by atoms with van der Waals surface area (Å²) < 4.78 is 19.2. The highest BCUT2D eigenvalue weighted by molar-refractivity contribution is 9.10. The Balaban J connectivity index is 2.06. The molecule has 1 unspecified atom stereocenters. The number of ether oxygens (including phenoxy) is 1. The highest BCUT2D eigenvalue weighted by Crippen LogP contribution is 2.52. The lowest BCUT2D eigenvalue weighted by atomic mass is 10.1.